The van der Waals surface area contributed by atoms with Gasteiger partial charge in [0.1, 0.15) is 17.1 Å². The van der Waals surface area contributed by atoms with E-state index in [1.165, 1.54) is 6.20 Å². The van der Waals surface area contributed by atoms with Crippen molar-refractivity contribution in [2.45, 2.75) is 6.92 Å². The number of carbonyl (C=O) groups is 1. The molecule has 0 saturated carbocycles. The number of ether oxygens (including phenoxy) is 1. The molecule has 1 amide bonds. The van der Waals surface area contributed by atoms with E-state index in [1.54, 1.807) is 13.1 Å². The van der Waals surface area contributed by atoms with E-state index in [9.17, 15) is 4.79 Å². The lowest BCUT2D eigenvalue weighted by Gasteiger charge is -2.08. The second-order valence-corrected chi connectivity index (χ2v) is 5.93. The number of amides is 1. The van der Waals surface area contributed by atoms with Gasteiger partial charge in [0, 0.05) is 18.8 Å². The number of pyridine rings is 1. The molecule has 0 radical (unpaired) electrons. The summed E-state index contributed by atoms with van der Waals surface area (Å²) in [7, 11) is 1.56. The quantitative estimate of drug-likeness (QED) is 0.743. The van der Waals surface area contributed by atoms with Crippen LogP contribution in [0.3, 0.4) is 0 Å². The molecular weight excluding hydrogens is 351 g/mol. The lowest BCUT2D eigenvalue weighted by molar-refractivity contribution is -0.122. The number of rotatable bonds is 4. The Bertz CT molecular complexity index is 924. The number of fused-ring (bicyclic) bond motifs is 1. The summed E-state index contributed by atoms with van der Waals surface area (Å²) in [6, 6.07) is 5.48. The van der Waals surface area contributed by atoms with Gasteiger partial charge in [-0.05, 0) is 30.7 Å². The van der Waals surface area contributed by atoms with Crippen LogP contribution in [0.15, 0.2) is 24.4 Å². The fourth-order valence-electron chi connectivity index (χ4n) is 2.24. The van der Waals surface area contributed by atoms with Crippen molar-refractivity contribution in [2.75, 3.05) is 13.7 Å². The van der Waals surface area contributed by atoms with Gasteiger partial charge in [-0.25, -0.2) is 9.97 Å². The smallest absolute Gasteiger partial charge is 0.257 e. The normalized spacial score (nSPS) is 10.8. The Morgan fingerprint density at radius 3 is 2.88 bits per heavy atom. The number of halogens is 2. The first-order chi connectivity index (χ1) is 11.5. The maximum Gasteiger partial charge on any atom is 0.257 e. The highest BCUT2D eigenvalue weighted by Crippen LogP contribution is 2.31. The highest BCUT2D eigenvalue weighted by molar-refractivity contribution is 6.44. The van der Waals surface area contributed by atoms with Gasteiger partial charge in [0.05, 0.1) is 10.0 Å². The summed E-state index contributed by atoms with van der Waals surface area (Å²) in [6.45, 7) is 1.90. The molecule has 8 heteroatoms. The molecule has 0 atom stereocenters. The Morgan fingerprint density at radius 1 is 1.38 bits per heavy atom. The Kier molecular flexibility index (Phi) is 4.59. The average molecular weight is 365 g/mol. The van der Waals surface area contributed by atoms with Crippen molar-refractivity contribution in [1.82, 2.24) is 20.3 Å². The SMILES string of the molecule is CNC(=O)COc1ccc(-c2nc3ncc(Cl)c(Cl)c3[nH]2)c(C)c1. The lowest BCUT2D eigenvalue weighted by atomic mass is 10.1. The van der Waals surface area contributed by atoms with Crippen LogP contribution < -0.4 is 10.1 Å². The molecule has 124 valence electrons. The highest BCUT2D eigenvalue weighted by atomic mass is 35.5. The summed E-state index contributed by atoms with van der Waals surface area (Å²) in [5.41, 5.74) is 2.91. The third-order valence-electron chi connectivity index (χ3n) is 3.52. The van der Waals surface area contributed by atoms with E-state index in [0.29, 0.717) is 32.8 Å². The molecule has 2 aromatic heterocycles. The zero-order chi connectivity index (χ0) is 17.3. The second-order valence-electron chi connectivity index (χ2n) is 5.14. The van der Waals surface area contributed by atoms with Crippen molar-refractivity contribution >= 4 is 40.3 Å². The van der Waals surface area contributed by atoms with Gasteiger partial charge in [-0.1, -0.05) is 23.2 Å². The van der Waals surface area contributed by atoms with E-state index in [-0.39, 0.29) is 12.5 Å². The number of nitrogens with zero attached hydrogens (tertiary/aromatic N) is 2. The number of nitrogens with one attached hydrogen (secondary N) is 2. The van der Waals surface area contributed by atoms with E-state index in [0.717, 1.165) is 11.1 Å². The molecule has 2 heterocycles. The summed E-state index contributed by atoms with van der Waals surface area (Å²) < 4.78 is 5.43. The van der Waals surface area contributed by atoms with Gasteiger partial charge in [0.2, 0.25) is 0 Å². The van der Waals surface area contributed by atoms with Crippen LogP contribution in [0.25, 0.3) is 22.6 Å². The maximum absolute atomic E-state index is 11.2. The van der Waals surface area contributed by atoms with Crippen LogP contribution in [-0.2, 0) is 4.79 Å². The Labute approximate surface area is 148 Å². The minimum absolute atomic E-state index is 0.0298. The number of H-pyrrole nitrogens is 1. The number of carbonyl (C=O) groups excluding carboxylic acids is 1. The topological polar surface area (TPSA) is 79.9 Å². The molecule has 0 fully saturated rings. The van der Waals surface area contributed by atoms with Crippen LogP contribution in [0.5, 0.6) is 5.75 Å². The van der Waals surface area contributed by atoms with Crippen molar-refractivity contribution < 1.29 is 9.53 Å². The van der Waals surface area contributed by atoms with Crippen LogP contribution in [0.2, 0.25) is 10.0 Å². The first-order valence-corrected chi connectivity index (χ1v) is 7.89. The van der Waals surface area contributed by atoms with Gasteiger partial charge < -0.3 is 15.0 Å². The van der Waals surface area contributed by atoms with E-state index >= 15 is 0 Å². The number of aromatic amines is 1. The van der Waals surface area contributed by atoms with Gasteiger partial charge >= 0.3 is 0 Å². The number of benzene rings is 1. The molecule has 0 aliphatic carbocycles. The third-order valence-corrected chi connectivity index (χ3v) is 4.29. The summed E-state index contributed by atoms with van der Waals surface area (Å²) >= 11 is 12.2. The van der Waals surface area contributed by atoms with Crippen molar-refractivity contribution in [3.05, 3.63) is 40.0 Å². The lowest BCUT2D eigenvalue weighted by Crippen LogP contribution is -2.24. The zero-order valence-electron chi connectivity index (χ0n) is 13.0. The summed E-state index contributed by atoms with van der Waals surface area (Å²) in [5, 5.41) is 3.26. The number of hydrogen-bond acceptors (Lipinski definition) is 4. The Balaban J connectivity index is 1.92. The van der Waals surface area contributed by atoms with E-state index in [2.05, 4.69) is 20.3 Å². The largest absolute Gasteiger partial charge is 0.484 e. The number of likely N-dealkylation sites (N-methyl/N-ethyl adjacent to an activating group) is 1. The number of aryl methyl sites for hydroxylation is 1. The van der Waals surface area contributed by atoms with Crippen LogP contribution in [0.4, 0.5) is 0 Å². The van der Waals surface area contributed by atoms with Crippen LogP contribution >= 0.6 is 23.2 Å². The van der Waals surface area contributed by atoms with Crippen LogP contribution in [0, 0.1) is 6.92 Å². The number of hydrogen-bond donors (Lipinski definition) is 2. The first-order valence-electron chi connectivity index (χ1n) is 7.13. The molecule has 0 saturated heterocycles. The second kappa shape index (κ2) is 6.67. The fraction of sp³-hybridized carbons (Fsp3) is 0.188. The molecule has 24 heavy (non-hydrogen) atoms. The Hall–Kier alpha value is -2.31. The van der Waals surface area contributed by atoms with Gasteiger partial charge in [0.15, 0.2) is 12.3 Å². The predicted molar refractivity (Wildman–Crippen MR) is 93.6 cm³/mol. The zero-order valence-corrected chi connectivity index (χ0v) is 14.5. The molecule has 0 aliphatic heterocycles. The van der Waals surface area contributed by atoms with Gasteiger partial charge in [-0.3, -0.25) is 4.79 Å². The van der Waals surface area contributed by atoms with Crippen molar-refractivity contribution in [3.8, 4) is 17.1 Å². The number of aromatic nitrogens is 3. The summed E-state index contributed by atoms with van der Waals surface area (Å²) in [6.07, 6.45) is 1.47. The fourth-order valence-corrected chi connectivity index (χ4v) is 2.57. The molecule has 1 aromatic carbocycles. The molecule has 0 spiro atoms. The summed E-state index contributed by atoms with van der Waals surface area (Å²) in [4.78, 5) is 23.0. The van der Waals surface area contributed by atoms with E-state index < -0.39 is 0 Å². The molecule has 0 aliphatic rings. The van der Waals surface area contributed by atoms with Crippen molar-refractivity contribution in [3.63, 3.8) is 0 Å². The minimum atomic E-state index is -0.188. The van der Waals surface area contributed by atoms with Gasteiger partial charge in [-0.15, -0.1) is 0 Å². The molecule has 6 nitrogen and oxygen atoms in total. The first kappa shape index (κ1) is 16.5. The number of imidazole rings is 1. The Morgan fingerprint density at radius 2 is 2.17 bits per heavy atom. The molecular formula is C16H14Cl2N4O2. The maximum atomic E-state index is 11.2. The highest BCUT2D eigenvalue weighted by Gasteiger charge is 2.13. The molecule has 0 unspecified atom stereocenters. The third kappa shape index (κ3) is 3.16. The van der Waals surface area contributed by atoms with Crippen molar-refractivity contribution in [2.24, 2.45) is 0 Å². The predicted octanol–water partition coefficient (Wildman–Crippen LogP) is 3.36. The standard InChI is InChI=1S/C16H14Cl2N4O2/c1-8-5-9(24-7-12(23)19-2)3-4-10(8)15-21-14-13(18)11(17)6-20-16(14)22-15/h3-6H,7H2,1-2H3,(H,19,23)(H,20,21,22). The molecule has 2 N–H and O–H groups in total. The van der Waals surface area contributed by atoms with E-state index in [4.69, 9.17) is 27.9 Å². The monoisotopic (exact) mass is 364 g/mol. The minimum Gasteiger partial charge on any atom is -0.484 e. The average Bonchev–Trinajstić information content (AvgIpc) is 3.00. The molecule has 3 aromatic rings. The van der Waals surface area contributed by atoms with Crippen molar-refractivity contribution in [1.29, 1.82) is 0 Å². The molecule has 0 bridgehead atoms. The van der Waals surface area contributed by atoms with E-state index in [1.807, 2.05) is 19.1 Å². The van der Waals surface area contributed by atoms with Gasteiger partial charge in [-0.2, -0.15) is 0 Å². The summed E-state index contributed by atoms with van der Waals surface area (Å²) in [5.74, 6) is 1.05. The molecule has 3 rings (SSSR count). The van der Waals surface area contributed by atoms with Crippen LogP contribution in [0.1, 0.15) is 5.56 Å². The van der Waals surface area contributed by atoms with Gasteiger partial charge in [0.25, 0.3) is 5.91 Å². The van der Waals surface area contributed by atoms with Crippen LogP contribution in [-0.4, -0.2) is 34.5 Å².